The van der Waals surface area contributed by atoms with Crippen molar-refractivity contribution >= 4 is 50.1 Å². The van der Waals surface area contributed by atoms with Crippen LogP contribution in [-0.4, -0.2) is 39.8 Å². The zero-order valence-corrected chi connectivity index (χ0v) is 16.3. The molecule has 1 saturated heterocycles. The summed E-state index contributed by atoms with van der Waals surface area (Å²) in [5.41, 5.74) is 1.87. The maximum atomic E-state index is 12.6. The van der Waals surface area contributed by atoms with Crippen molar-refractivity contribution in [3.05, 3.63) is 50.9 Å². The van der Waals surface area contributed by atoms with Gasteiger partial charge in [0.05, 0.1) is 32.3 Å². The van der Waals surface area contributed by atoms with E-state index in [2.05, 4.69) is 31.2 Å². The first kappa shape index (κ1) is 17.2. The Morgan fingerprint density at radius 1 is 1.31 bits per heavy atom. The Bertz CT molecular complexity index is 934. The number of fused-ring (bicyclic) bond motifs is 1. The van der Waals surface area contributed by atoms with Gasteiger partial charge < -0.3 is 15.2 Å². The van der Waals surface area contributed by atoms with Crippen LogP contribution in [0.25, 0.3) is 11.0 Å². The Morgan fingerprint density at radius 2 is 2.15 bits per heavy atom. The Kier molecular flexibility index (Phi) is 4.78. The third kappa shape index (κ3) is 3.39. The molecular formula is C18H17BrN4O2S. The molecule has 0 radical (unpaired) electrons. The van der Waals surface area contributed by atoms with Gasteiger partial charge in [0, 0.05) is 6.54 Å². The number of halogens is 1. The van der Waals surface area contributed by atoms with E-state index in [1.54, 1.807) is 6.07 Å². The number of aromatic nitrogens is 2. The molecule has 134 valence electrons. The second kappa shape index (κ2) is 7.20. The molecular weight excluding hydrogens is 416 g/mol. The SMILES string of the molecule is O=C(NCC(=O)N1CCCC1c1nc2ccccc2[nH]1)c1ccc(Br)s1. The van der Waals surface area contributed by atoms with Crippen LogP contribution in [0.15, 0.2) is 40.2 Å². The summed E-state index contributed by atoms with van der Waals surface area (Å²) < 4.78 is 0.887. The molecule has 8 heteroatoms. The van der Waals surface area contributed by atoms with Crippen molar-refractivity contribution in [1.29, 1.82) is 0 Å². The standard InChI is InChI=1S/C18H17BrN4O2S/c19-15-8-7-14(26-15)18(25)20-10-16(24)23-9-3-6-13(23)17-21-11-4-1-2-5-12(11)22-17/h1-2,4-5,7-8,13H,3,6,9-10H2,(H,20,25)(H,21,22). The van der Waals surface area contributed by atoms with Gasteiger partial charge >= 0.3 is 0 Å². The van der Waals surface area contributed by atoms with Crippen molar-refractivity contribution in [3.8, 4) is 0 Å². The van der Waals surface area contributed by atoms with Crippen LogP contribution in [0.5, 0.6) is 0 Å². The topological polar surface area (TPSA) is 78.1 Å². The fourth-order valence-corrected chi connectivity index (χ4v) is 4.56. The molecule has 0 bridgehead atoms. The number of para-hydroxylation sites is 2. The number of imidazole rings is 1. The molecule has 0 aliphatic carbocycles. The summed E-state index contributed by atoms with van der Waals surface area (Å²) in [6, 6.07) is 11.3. The maximum Gasteiger partial charge on any atom is 0.261 e. The van der Waals surface area contributed by atoms with Gasteiger partial charge in [-0.15, -0.1) is 11.3 Å². The molecule has 2 aromatic heterocycles. The Morgan fingerprint density at radius 3 is 2.92 bits per heavy atom. The van der Waals surface area contributed by atoms with E-state index in [0.717, 1.165) is 33.5 Å². The summed E-state index contributed by atoms with van der Waals surface area (Å²) in [6.07, 6.45) is 1.80. The maximum absolute atomic E-state index is 12.6. The summed E-state index contributed by atoms with van der Waals surface area (Å²) in [7, 11) is 0. The number of benzene rings is 1. The first-order chi connectivity index (χ1) is 12.6. The number of amides is 2. The van der Waals surface area contributed by atoms with Crippen molar-refractivity contribution in [3.63, 3.8) is 0 Å². The van der Waals surface area contributed by atoms with E-state index in [9.17, 15) is 9.59 Å². The van der Waals surface area contributed by atoms with Crippen LogP contribution in [0, 0.1) is 0 Å². The van der Waals surface area contributed by atoms with Crippen molar-refractivity contribution < 1.29 is 9.59 Å². The normalized spacial score (nSPS) is 17.0. The predicted octanol–water partition coefficient (Wildman–Crippen LogP) is 3.48. The molecule has 1 atom stereocenters. The molecule has 0 spiro atoms. The van der Waals surface area contributed by atoms with Gasteiger partial charge in [0.15, 0.2) is 0 Å². The van der Waals surface area contributed by atoms with Crippen LogP contribution >= 0.6 is 27.3 Å². The molecule has 3 aromatic rings. The number of nitrogens with zero attached hydrogens (tertiary/aromatic N) is 2. The molecule has 4 rings (SSSR count). The van der Waals surface area contributed by atoms with E-state index >= 15 is 0 Å². The first-order valence-corrected chi connectivity index (χ1v) is 10.0. The summed E-state index contributed by atoms with van der Waals surface area (Å²) >= 11 is 4.68. The van der Waals surface area contributed by atoms with Crippen LogP contribution < -0.4 is 5.32 Å². The number of thiophene rings is 1. The fraction of sp³-hybridized carbons (Fsp3) is 0.278. The number of hydrogen-bond acceptors (Lipinski definition) is 4. The molecule has 1 aliphatic rings. The van der Waals surface area contributed by atoms with E-state index in [1.807, 2.05) is 35.2 Å². The van der Waals surface area contributed by atoms with Gasteiger partial charge in [-0.2, -0.15) is 0 Å². The molecule has 26 heavy (non-hydrogen) atoms. The van der Waals surface area contributed by atoms with E-state index in [0.29, 0.717) is 11.4 Å². The molecule has 1 aromatic carbocycles. The third-order valence-electron chi connectivity index (χ3n) is 4.49. The summed E-state index contributed by atoms with van der Waals surface area (Å²) in [6.45, 7) is 0.673. The second-order valence-corrected chi connectivity index (χ2v) is 8.63. The summed E-state index contributed by atoms with van der Waals surface area (Å²) in [4.78, 5) is 35.1. The number of H-pyrrole nitrogens is 1. The van der Waals surface area contributed by atoms with Gasteiger partial charge in [0.1, 0.15) is 5.82 Å². The van der Waals surface area contributed by atoms with Crippen molar-refractivity contribution in [2.24, 2.45) is 0 Å². The van der Waals surface area contributed by atoms with Crippen molar-refractivity contribution in [2.45, 2.75) is 18.9 Å². The zero-order valence-electron chi connectivity index (χ0n) is 13.9. The fourth-order valence-electron chi connectivity index (χ4n) is 3.26. The average molecular weight is 433 g/mol. The zero-order chi connectivity index (χ0) is 18.1. The number of rotatable bonds is 4. The highest BCUT2D eigenvalue weighted by molar-refractivity contribution is 9.11. The van der Waals surface area contributed by atoms with Crippen LogP contribution in [0.1, 0.15) is 34.4 Å². The average Bonchev–Trinajstić information content (AvgIpc) is 3.36. The molecule has 1 unspecified atom stereocenters. The predicted molar refractivity (Wildman–Crippen MR) is 104 cm³/mol. The molecule has 0 saturated carbocycles. The minimum atomic E-state index is -0.228. The van der Waals surface area contributed by atoms with Gasteiger partial charge in [0.2, 0.25) is 5.91 Å². The van der Waals surface area contributed by atoms with Crippen molar-refractivity contribution in [2.75, 3.05) is 13.1 Å². The van der Waals surface area contributed by atoms with E-state index in [1.165, 1.54) is 11.3 Å². The number of hydrogen-bond donors (Lipinski definition) is 2. The quantitative estimate of drug-likeness (QED) is 0.662. The molecule has 1 aliphatic heterocycles. The molecule has 2 amide bonds. The summed E-state index contributed by atoms with van der Waals surface area (Å²) in [5, 5.41) is 2.72. The smallest absolute Gasteiger partial charge is 0.261 e. The minimum absolute atomic E-state index is 0.00885. The second-order valence-electron chi connectivity index (χ2n) is 6.17. The Labute approximate surface area is 162 Å². The lowest BCUT2D eigenvalue weighted by molar-refractivity contribution is -0.131. The molecule has 3 heterocycles. The summed E-state index contributed by atoms with van der Waals surface area (Å²) in [5.74, 6) is 0.496. The molecule has 2 N–H and O–H groups in total. The Balaban J connectivity index is 1.44. The van der Waals surface area contributed by atoms with Gasteiger partial charge in [0.25, 0.3) is 5.91 Å². The third-order valence-corrected chi connectivity index (χ3v) is 6.12. The van der Waals surface area contributed by atoms with E-state index in [4.69, 9.17) is 0 Å². The minimum Gasteiger partial charge on any atom is -0.342 e. The van der Waals surface area contributed by atoms with Crippen LogP contribution in [0.2, 0.25) is 0 Å². The first-order valence-electron chi connectivity index (χ1n) is 8.39. The lowest BCUT2D eigenvalue weighted by Crippen LogP contribution is -2.39. The number of nitrogens with one attached hydrogen (secondary N) is 2. The van der Waals surface area contributed by atoms with E-state index < -0.39 is 0 Å². The highest BCUT2D eigenvalue weighted by Crippen LogP contribution is 2.31. The van der Waals surface area contributed by atoms with Gasteiger partial charge in [-0.05, 0) is 53.0 Å². The van der Waals surface area contributed by atoms with Crippen LogP contribution in [0.3, 0.4) is 0 Å². The number of likely N-dealkylation sites (tertiary alicyclic amines) is 1. The molecule has 1 fully saturated rings. The number of aromatic amines is 1. The van der Waals surface area contributed by atoms with Crippen molar-refractivity contribution in [1.82, 2.24) is 20.2 Å². The van der Waals surface area contributed by atoms with Gasteiger partial charge in [-0.25, -0.2) is 4.98 Å². The van der Waals surface area contributed by atoms with Gasteiger partial charge in [-0.1, -0.05) is 12.1 Å². The Hall–Kier alpha value is -2.19. The number of carbonyl (C=O) groups is 2. The monoisotopic (exact) mass is 432 g/mol. The number of carbonyl (C=O) groups excluding carboxylic acids is 2. The molecule has 6 nitrogen and oxygen atoms in total. The highest BCUT2D eigenvalue weighted by atomic mass is 79.9. The van der Waals surface area contributed by atoms with Gasteiger partial charge in [-0.3, -0.25) is 9.59 Å². The lowest BCUT2D eigenvalue weighted by atomic mass is 10.2. The largest absolute Gasteiger partial charge is 0.342 e. The van der Waals surface area contributed by atoms with E-state index in [-0.39, 0.29) is 24.4 Å². The lowest BCUT2D eigenvalue weighted by Gasteiger charge is -2.23. The van der Waals surface area contributed by atoms with Crippen LogP contribution in [-0.2, 0) is 4.79 Å². The van der Waals surface area contributed by atoms with Crippen LogP contribution in [0.4, 0.5) is 0 Å². The highest BCUT2D eigenvalue weighted by Gasteiger charge is 2.32.